The lowest BCUT2D eigenvalue weighted by atomic mass is 10.1. The number of sulfonamides is 1. The Morgan fingerprint density at radius 3 is 2.19 bits per heavy atom. The van der Waals surface area contributed by atoms with Crippen molar-refractivity contribution >= 4 is 21.6 Å². The molecule has 0 heterocycles. The van der Waals surface area contributed by atoms with Crippen LogP contribution >= 0.6 is 0 Å². The van der Waals surface area contributed by atoms with Gasteiger partial charge in [0.2, 0.25) is 0 Å². The highest BCUT2D eigenvalue weighted by molar-refractivity contribution is 7.92. The van der Waals surface area contributed by atoms with Crippen LogP contribution in [0.2, 0.25) is 0 Å². The van der Waals surface area contributed by atoms with Crippen molar-refractivity contribution in [3.05, 3.63) is 53.6 Å². The summed E-state index contributed by atoms with van der Waals surface area (Å²) in [6.45, 7) is 9.18. The Labute approximate surface area is 161 Å². The molecule has 2 N–H and O–H groups in total. The van der Waals surface area contributed by atoms with Crippen LogP contribution in [0.25, 0.3) is 0 Å². The maximum absolute atomic E-state index is 12.6. The Balaban J connectivity index is 2.10. The third-order valence-corrected chi connectivity index (χ3v) is 5.25. The summed E-state index contributed by atoms with van der Waals surface area (Å²) in [5, 5.41) is 2.77. The summed E-state index contributed by atoms with van der Waals surface area (Å²) in [5.74, 6) is 0.199. The highest BCUT2D eigenvalue weighted by Crippen LogP contribution is 2.22. The molecule has 0 aliphatic rings. The maximum atomic E-state index is 12.6. The molecule has 2 aromatic rings. The van der Waals surface area contributed by atoms with E-state index in [1.54, 1.807) is 13.0 Å². The predicted octanol–water partition coefficient (Wildman–Crippen LogP) is 3.40. The first-order valence-corrected chi connectivity index (χ1v) is 10.2. The van der Waals surface area contributed by atoms with Gasteiger partial charge in [-0.3, -0.25) is 9.52 Å². The second kappa shape index (κ2) is 8.43. The van der Waals surface area contributed by atoms with Gasteiger partial charge >= 0.3 is 0 Å². The number of hydrogen-bond donors (Lipinski definition) is 2. The second-order valence-electron chi connectivity index (χ2n) is 6.82. The molecule has 0 radical (unpaired) electrons. The molecule has 27 heavy (non-hydrogen) atoms. The Morgan fingerprint density at radius 2 is 1.63 bits per heavy atom. The van der Waals surface area contributed by atoms with Gasteiger partial charge in [0, 0.05) is 6.04 Å². The number of anilines is 1. The smallest absolute Gasteiger partial charge is 0.261 e. The van der Waals surface area contributed by atoms with Crippen molar-refractivity contribution in [2.45, 2.75) is 51.7 Å². The number of nitrogens with one attached hydrogen (secondary N) is 2. The van der Waals surface area contributed by atoms with E-state index in [2.05, 4.69) is 10.0 Å². The summed E-state index contributed by atoms with van der Waals surface area (Å²) in [6, 6.07) is 11.5. The second-order valence-corrected chi connectivity index (χ2v) is 8.50. The zero-order valence-corrected chi connectivity index (χ0v) is 17.1. The van der Waals surface area contributed by atoms with Crippen molar-refractivity contribution in [2.24, 2.45) is 0 Å². The van der Waals surface area contributed by atoms with Gasteiger partial charge in [-0.05, 0) is 70.5 Å². The summed E-state index contributed by atoms with van der Waals surface area (Å²) in [5.41, 5.74) is 2.45. The molecule has 2 rings (SSSR count). The molecule has 1 amide bonds. The molecule has 146 valence electrons. The third kappa shape index (κ3) is 5.72. The number of hydrogen-bond acceptors (Lipinski definition) is 4. The molecular weight excluding hydrogens is 364 g/mol. The van der Waals surface area contributed by atoms with Gasteiger partial charge < -0.3 is 10.1 Å². The molecule has 0 spiro atoms. The monoisotopic (exact) mass is 390 g/mol. The fraction of sp³-hybridized carbons (Fsp3) is 0.350. The fourth-order valence-electron chi connectivity index (χ4n) is 2.49. The number of amides is 1. The SMILES string of the molecule is Cc1ccc(NS(=O)(=O)c2ccc(O[C@@H](C)C(=O)NC(C)C)cc2)c(C)c1. The topological polar surface area (TPSA) is 84.5 Å². The van der Waals surface area contributed by atoms with Crippen LogP contribution in [0.1, 0.15) is 31.9 Å². The standard InChI is InChI=1S/C20H26N2O4S/c1-13(2)21-20(23)16(5)26-17-7-9-18(10-8-17)27(24,25)22-19-11-6-14(3)12-15(19)4/h6-13,16,22H,1-5H3,(H,21,23)/t16-/m0/s1. The summed E-state index contributed by atoms with van der Waals surface area (Å²) < 4.78 is 33.3. The van der Waals surface area contributed by atoms with Gasteiger partial charge in [0.05, 0.1) is 10.6 Å². The van der Waals surface area contributed by atoms with E-state index in [0.717, 1.165) is 11.1 Å². The summed E-state index contributed by atoms with van der Waals surface area (Å²) in [6.07, 6.45) is -0.678. The first-order chi connectivity index (χ1) is 12.6. The molecule has 0 bridgehead atoms. The van der Waals surface area contributed by atoms with Gasteiger partial charge in [0.15, 0.2) is 6.10 Å². The number of rotatable bonds is 7. The van der Waals surface area contributed by atoms with Crippen molar-refractivity contribution in [2.75, 3.05) is 4.72 Å². The Bertz CT molecular complexity index is 906. The van der Waals surface area contributed by atoms with Gasteiger partial charge in [-0.2, -0.15) is 0 Å². The Kier molecular flexibility index (Phi) is 6.49. The van der Waals surface area contributed by atoms with Crippen LogP contribution < -0.4 is 14.8 Å². The zero-order valence-electron chi connectivity index (χ0n) is 16.2. The number of aryl methyl sites for hydroxylation is 2. The number of benzene rings is 2. The Morgan fingerprint density at radius 1 is 1.00 bits per heavy atom. The minimum Gasteiger partial charge on any atom is -0.481 e. The van der Waals surface area contributed by atoms with Crippen LogP contribution in [0.3, 0.4) is 0 Å². The van der Waals surface area contributed by atoms with E-state index < -0.39 is 16.1 Å². The first-order valence-electron chi connectivity index (χ1n) is 8.75. The van der Waals surface area contributed by atoms with Crippen molar-refractivity contribution in [1.82, 2.24) is 5.32 Å². The van der Waals surface area contributed by atoms with E-state index in [4.69, 9.17) is 4.74 Å². The zero-order chi connectivity index (χ0) is 20.2. The minimum atomic E-state index is -3.71. The first kappa shape index (κ1) is 20.8. The summed E-state index contributed by atoms with van der Waals surface area (Å²) in [7, 11) is -3.71. The summed E-state index contributed by atoms with van der Waals surface area (Å²) in [4.78, 5) is 12.0. The third-order valence-electron chi connectivity index (χ3n) is 3.87. The number of carbonyl (C=O) groups excluding carboxylic acids is 1. The minimum absolute atomic E-state index is 0.0207. The molecule has 1 atom stereocenters. The van der Waals surface area contributed by atoms with E-state index in [1.165, 1.54) is 24.3 Å². The van der Waals surface area contributed by atoms with Crippen LogP contribution in [0.5, 0.6) is 5.75 Å². The highest BCUT2D eigenvalue weighted by Gasteiger charge is 2.18. The van der Waals surface area contributed by atoms with Crippen molar-refractivity contribution in [3.63, 3.8) is 0 Å². The molecule has 0 aliphatic heterocycles. The van der Waals surface area contributed by atoms with Gasteiger partial charge in [-0.1, -0.05) is 17.7 Å². The highest BCUT2D eigenvalue weighted by atomic mass is 32.2. The average Bonchev–Trinajstić information content (AvgIpc) is 2.57. The number of ether oxygens (including phenoxy) is 1. The van der Waals surface area contributed by atoms with Crippen LogP contribution in [0, 0.1) is 13.8 Å². The van der Waals surface area contributed by atoms with E-state index in [-0.39, 0.29) is 16.8 Å². The molecule has 0 unspecified atom stereocenters. The van der Waals surface area contributed by atoms with Crippen LogP contribution in [0.15, 0.2) is 47.4 Å². The van der Waals surface area contributed by atoms with Gasteiger partial charge in [0.25, 0.3) is 15.9 Å². The normalized spacial score (nSPS) is 12.5. The van der Waals surface area contributed by atoms with Gasteiger partial charge in [-0.15, -0.1) is 0 Å². The van der Waals surface area contributed by atoms with Crippen molar-refractivity contribution in [1.29, 1.82) is 0 Å². The predicted molar refractivity (Wildman–Crippen MR) is 107 cm³/mol. The fourth-order valence-corrected chi connectivity index (χ4v) is 3.62. The van der Waals surface area contributed by atoms with Crippen LogP contribution in [-0.2, 0) is 14.8 Å². The van der Waals surface area contributed by atoms with Crippen LogP contribution in [-0.4, -0.2) is 26.5 Å². The largest absolute Gasteiger partial charge is 0.481 e. The lowest BCUT2D eigenvalue weighted by molar-refractivity contribution is -0.127. The molecule has 0 fully saturated rings. The molecule has 0 saturated carbocycles. The van der Waals surface area contributed by atoms with Crippen LogP contribution in [0.4, 0.5) is 5.69 Å². The molecule has 0 saturated heterocycles. The molecule has 7 heteroatoms. The molecule has 6 nitrogen and oxygen atoms in total. The Hall–Kier alpha value is -2.54. The molecule has 2 aromatic carbocycles. The maximum Gasteiger partial charge on any atom is 0.261 e. The lowest BCUT2D eigenvalue weighted by Crippen LogP contribution is -2.40. The van der Waals surface area contributed by atoms with E-state index in [0.29, 0.717) is 11.4 Å². The number of carbonyl (C=O) groups is 1. The van der Waals surface area contributed by atoms with Gasteiger partial charge in [-0.25, -0.2) is 8.42 Å². The average molecular weight is 391 g/mol. The van der Waals surface area contributed by atoms with E-state index in [1.807, 2.05) is 39.8 Å². The summed E-state index contributed by atoms with van der Waals surface area (Å²) >= 11 is 0. The lowest BCUT2D eigenvalue weighted by Gasteiger charge is -2.17. The van der Waals surface area contributed by atoms with Crippen molar-refractivity contribution in [3.8, 4) is 5.75 Å². The van der Waals surface area contributed by atoms with Crippen molar-refractivity contribution < 1.29 is 17.9 Å². The molecule has 0 aromatic heterocycles. The molecular formula is C20H26N2O4S. The van der Waals surface area contributed by atoms with E-state index in [9.17, 15) is 13.2 Å². The van der Waals surface area contributed by atoms with E-state index >= 15 is 0 Å². The quantitative estimate of drug-likeness (QED) is 0.759. The molecule has 0 aliphatic carbocycles. The van der Waals surface area contributed by atoms with Gasteiger partial charge in [0.1, 0.15) is 5.75 Å².